The van der Waals surface area contributed by atoms with Crippen LogP contribution in [0.15, 0.2) is 30.5 Å². The van der Waals surface area contributed by atoms with Crippen molar-refractivity contribution in [3.63, 3.8) is 0 Å². The summed E-state index contributed by atoms with van der Waals surface area (Å²) in [5.41, 5.74) is 6.89. The van der Waals surface area contributed by atoms with Crippen LogP contribution >= 0.6 is 0 Å². The summed E-state index contributed by atoms with van der Waals surface area (Å²) in [7, 11) is 1.70. The maximum atomic E-state index is 5.70. The first-order valence-corrected chi connectivity index (χ1v) is 6.73. The number of nitrogens with zero attached hydrogens (tertiary/aromatic N) is 1. The Morgan fingerprint density at radius 2 is 2.16 bits per heavy atom. The summed E-state index contributed by atoms with van der Waals surface area (Å²) in [6, 6.07) is 8.19. The predicted octanol–water partition coefficient (Wildman–Crippen LogP) is 2.40. The minimum atomic E-state index is 0.132. The number of benzene rings is 1. The van der Waals surface area contributed by atoms with E-state index in [2.05, 4.69) is 22.9 Å². The first-order chi connectivity index (χ1) is 9.30. The van der Waals surface area contributed by atoms with Crippen molar-refractivity contribution in [1.82, 2.24) is 4.57 Å². The van der Waals surface area contributed by atoms with Gasteiger partial charge in [-0.2, -0.15) is 0 Å². The normalized spacial score (nSPS) is 12.8. The minimum Gasteiger partial charge on any atom is -0.496 e. The van der Waals surface area contributed by atoms with Crippen LogP contribution in [0.1, 0.15) is 13.3 Å². The molecule has 1 unspecified atom stereocenters. The van der Waals surface area contributed by atoms with Crippen LogP contribution in [-0.4, -0.2) is 30.9 Å². The number of hydrogen-bond acceptors (Lipinski definition) is 3. The lowest BCUT2D eigenvalue weighted by Gasteiger charge is -2.15. The first kappa shape index (κ1) is 13.9. The summed E-state index contributed by atoms with van der Waals surface area (Å²) in [6.07, 6.45) is 3.14. The fraction of sp³-hybridized carbons (Fsp3) is 0.467. The average Bonchev–Trinajstić information content (AvgIpc) is 2.86. The lowest BCUT2D eigenvalue weighted by atomic mass is 10.2. The molecular formula is C15H22N2O2. The summed E-state index contributed by atoms with van der Waals surface area (Å²) in [5.74, 6) is 0.913. The molecule has 0 radical (unpaired) electrons. The van der Waals surface area contributed by atoms with Crippen molar-refractivity contribution < 1.29 is 9.47 Å². The molecule has 1 heterocycles. The van der Waals surface area contributed by atoms with E-state index in [1.165, 1.54) is 5.52 Å². The highest BCUT2D eigenvalue weighted by Crippen LogP contribution is 2.26. The Kier molecular flexibility index (Phi) is 4.82. The number of fused-ring (bicyclic) bond motifs is 1. The smallest absolute Gasteiger partial charge is 0.128 e. The third kappa shape index (κ3) is 3.08. The maximum Gasteiger partial charge on any atom is 0.128 e. The second-order valence-corrected chi connectivity index (χ2v) is 4.50. The summed E-state index contributed by atoms with van der Waals surface area (Å²) in [5, 5.41) is 1.14. The number of nitrogens with two attached hydrogens (primary N) is 1. The van der Waals surface area contributed by atoms with Crippen LogP contribution in [0.2, 0.25) is 0 Å². The summed E-state index contributed by atoms with van der Waals surface area (Å²) in [6.45, 7) is 4.18. The number of methoxy groups -OCH3 is 1. The van der Waals surface area contributed by atoms with Crippen LogP contribution in [0.25, 0.3) is 10.9 Å². The molecule has 0 aliphatic carbocycles. The maximum absolute atomic E-state index is 5.70. The third-order valence-corrected chi connectivity index (χ3v) is 3.35. The van der Waals surface area contributed by atoms with Crippen molar-refractivity contribution >= 4 is 10.9 Å². The number of hydrogen-bond donors (Lipinski definition) is 1. The van der Waals surface area contributed by atoms with Gasteiger partial charge in [0.05, 0.1) is 18.7 Å². The molecular weight excluding hydrogens is 240 g/mol. The molecule has 0 aliphatic heterocycles. The monoisotopic (exact) mass is 262 g/mol. The number of ether oxygens (including phenoxy) is 2. The number of aryl methyl sites for hydroxylation is 1. The van der Waals surface area contributed by atoms with Crippen molar-refractivity contribution in [2.24, 2.45) is 5.73 Å². The third-order valence-electron chi connectivity index (χ3n) is 3.35. The quantitative estimate of drug-likeness (QED) is 0.833. The van der Waals surface area contributed by atoms with Gasteiger partial charge < -0.3 is 19.8 Å². The lowest BCUT2D eigenvalue weighted by Crippen LogP contribution is -2.25. The Morgan fingerprint density at radius 3 is 2.84 bits per heavy atom. The summed E-state index contributed by atoms with van der Waals surface area (Å²) < 4.78 is 13.2. The molecule has 0 saturated carbocycles. The SMILES string of the molecule is CCOC(CN)CCn1ccc2c(OC)cccc21. The molecule has 0 amide bonds. The zero-order valence-electron chi connectivity index (χ0n) is 11.6. The second-order valence-electron chi connectivity index (χ2n) is 4.50. The fourth-order valence-corrected chi connectivity index (χ4v) is 2.36. The van der Waals surface area contributed by atoms with E-state index >= 15 is 0 Å². The van der Waals surface area contributed by atoms with Gasteiger partial charge in [0, 0.05) is 31.3 Å². The molecule has 4 heteroatoms. The molecule has 0 saturated heterocycles. The van der Waals surface area contributed by atoms with Crippen molar-refractivity contribution in [1.29, 1.82) is 0 Å². The van der Waals surface area contributed by atoms with Crippen molar-refractivity contribution in [3.05, 3.63) is 30.5 Å². The molecule has 104 valence electrons. The van der Waals surface area contributed by atoms with Gasteiger partial charge in [0.25, 0.3) is 0 Å². The fourth-order valence-electron chi connectivity index (χ4n) is 2.36. The van der Waals surface area contributed by atoms with E-state index in [1.807, 2.05) is 19.1 Å². The van der Waals surface area contributed by atoms with E-state index in [4.69, 9.17) is 15.2 Å². The Hall–Kier alpha value is -1.52. The van der Waals surface area contributed by atoms with Crippen LogP contribution in [0.4, 0.5) is 0 Å². The van der Waals surface area contributed by atoms with Gasteiger partial charge in [-0.1, -0.05) is 6.07 Å². The van der Waals surface area contributed by atoms with Gasteiger partial charge in [0.2, 0.25) is 0 Å². The Bertz CT molecular complexity index is 522. The molecule has 0 spiro atoms. The molecule has 0 fully saturated rings. The van der Waals surface area contributed by atoms with E-state index in [9.17, 15) is 0 Å². The lowest BCUT2D eigenvalue weighted by molar-refractivity contribution is 0.0601. The molecule has 0 bridgehead atoms. The minimum absolute atomic E-state index is 0.132. The van der Waals surface area contributed by atoms with Gasteiger partial charge in [0.1, 0.15) is 5.75 Å². The molecule has 2 N–H and O–H groups in total. The molecule has 2 aromatic rings. The van der Waals surface area contributed by atoms with Gasteiger partial charge in [-0.05, 0) is 31.5 Å². The average molecular weight is 262 g/mol. The van der Waals surface area contributed by atoms with E-state index in [1.54, 1.807) is 7.11 Å². The van der Waals surface area contributed by atoms with Crippen LogP contribution in [0, 0.1) is 0 Å². The van der Waals surface area contributed by atoms with Gasteiger partial charge >= 0.3 is 0 Å². The highest BCUT2D eigenvalue weighted by molar-refractivity contribution is 5.86. The highest BCUT2D eigenvalue weighted by atomic mass is 16.5. The van der Waals surface area contributed by atoms with E-state index in [-0.39, 0.29) is 6.10 Å². The molecule has 1 aromatic heterocycles. The van der Waals surface area contributed by atoms with Gasteiger partial charge in [-0.25, -0.2) is 0 Å². The van der Waals surface area contributed by atoms with Crippen LogP contribution in [0.5, 0.6) is 5.75 Å². The first-order valence-electron chi connectivity index (χ1n) is 6.73. The zero-order chi connectivity index (χ0) is 13.7. The van der Waals surface area contributed by atoms with Crippen molar-refractivity contribution in [2.75, 3.05) is 20.3 Å². The van der Waals surface area contributed by atoms with Gasteiger partial charge in [-0.15, -0.1) is 0 Å². The molecule has 4 nitrogen and oxygen atoms in total. The Balaban J connectivity index is 2.13. The topological polar surface area (TPSA) is 49.4 Å². The Morgan fingerprint density at radius 1 is 1.32 bits per heavy atom. The van der Waals surface area contributed by atoms with Crippen molar-refractivity contribution in [2.45, 2.75) is 26.0 Å². The molecule has 0 aliphatic rings. The number of rotatable bonds is 7. The van der Waals surface area contributed by atoms with Crippen molar-refractivity contribution in [3.8, 4) is 5.75 Å². The zero-order valence-corrected chi connectivity index (χ0v) is 11.6. The standard InChI is InChI=1S/C15H22N2O2/c1-3-19-12(11-16)7-9-17-10-8-13-14(17)5-4-6-15(13)18-2/h4-6,8,10,12H,3,7,9,11,16H2,1-2H3. The highest BCUT2D eigenvalue weighted by Gasteiger charge is 2.09. The van der Waals surface area contributed by atoms with Crippen LogP contribution in [0.3, 0.4) is 0 Å². The molecule has 1 aromatic carbocycles. The largest absolute Gasteiger partial charge is 0.496 e. The number of aromatic nitrogens is 1. The molecule has 2 rings (SSSR count). The Labute approximate surface area is 114 Å². The van der Waals surface area contributed by atoms with Crippen LogP contribution in [-0.2, 0) is 11.3 Å². The molecule has 19 heavy (non-hydrogen) atoms. The molecule has 1 atom stereocenters. The van der Waals surface area contributed by atoms with Gasteiger partial charge in [0.15, 0.2) is 0 Å². The van der Waals surface area contributed by atoms with Crippen LogP contribution < -0.4 is 10.5 Å². The summed E-state index contributed by atoms with van der Waals surface area (Å²) in [4.78, 5) is 0. The van der Waals surface area contributed by atoms with Gasteiger partial charge in [-0.3, -0.25) is 0 Å². The van der Waals surface area contributed by atoms with E-state index in [0.29, 0.717) is 13.2 Å². The summed E-state index contributed by atoms with van der Waals surface area (Å²) >= 11 is 0. The van der Waals surface area contributed by atoms with E-state index < -0.39 is 0 Å². The predicted molar refractivity (Wildman–Crippen MR) is 77.6 cm³/mol. The second kappa shape index (κ2) is 6.59. The van der Waals surface area contributed by atoms with E-state index in [0.717, 1.165) is 24.1 Å².